The third kappa shape index (κ3) is 3.84. The van der Waals surface area contributed by atoms with Crippen LogP contribution in [0.2, 0.25) is 0 Å². The molecular formula is C18H18F3N5. The molecule has 136 valence electrons. The fourth-order valence-electron chi connectivity index (χ4n) is 2.66. The zero-order chi connectivity index (χ0) is 18.7. The van der Waals surface area contributed by atoms with Gasteiger partial charge in [-0.25, -0.2) is 9.97 Å². The number of benzene rings is 1. The van der Waals surface area contributed by atoms with Crippen molar-refractivity contribution in [3.63, 3.8) is 0 Å². The standard InChI is InChI=1S/C18H18F3N5/c1-11(2)16-13(10-24-26-16)15-7-8-22-17(25-15)23-9-12-5-3-4-6-14(12)18(19,20)21/h3-8,10-11H,9H2,1-2H3,(H,24,26)(H,22,23,25). The summed E-state index contributed by atoms with van der Waals surface area (Å²) < 4.78 is 39.2. The van der Waals surface area contributed by atoms with Crippen molar-refractivity contribution in [2.45, 2.75) is 32.5 Å². The number of anilines is 1. The number of aromatic nitrogens is 4. The van der Waals surface area contributed by atoms with Gasteiger partial charge in [0.2, 0.25) is 5.95 Å². The summed E-state index contributed by atoms with van der Waals surface area (Å²) in [6.45, 7) is 4.04. The summed E-state index contributed by atoms with van der Waals surface area (Å²) in [7, 11) is 0. The number of nitrogens with one attached hydrogen (secondary N) is 2. The highest BCUT2D eigenvalue weighted by atomic mass is 19.4. The molecule has 2 aromatic heterocycles. The van der Waals surface area contributed by atoms with Crippen LogP contribution in [0, 0.1) is 0 Å². The van der Waals surface area contributed by atoms with E-state index in [1.165, 1.54) is 12.1 Å². The first-order valence-corrected chi connectivity index (χ1v) is 8.12. The lowest BCUT2D eigenvalue weighted by Crippen LogP contribution is -2.12. The van der Waals surface area contributed by atoms with E-state index < -0.39 is 11.7 Å². The molecule has 0 fully saturated rings. The lowest BCUT2D eigenvalue weighted by Gasteiger charge is -2.13. The molecule has 0 bridgehead atoms. The molecule has 3 rings (SSSR count). The van der Waals surface area contributed by atoms with E-state index >= 15 is 0 Å². The second-order valence-electron chi connectivity index (χ2n) is 6.13. The van der Waals surface area contributed by atoms with Crippen LogP contribution in [0.4, 0.5) is 19.1 Å². The van der Waals surface area contributed by atoms with E-state index in [0.717, 1.165) is 17.3 Å². The summed E-state index contributed by atoms with van der Waals surface area (Å²) in [5.41, 5.74) is 1.92. The third-order valence-electron chi connectivity index (χ3n) is 3.94. The Morgan fingerprint density at radius 3 is 2.65 bits per heavy atom. The average molecular weight is 361 g/mol. The second-order valence-corrected chi connectivity index (χ2v) is 6.13. The minimum absolute atomic E-state index is 0.0262. The molecule has 0 saturated heterocycles. The van der Waals surface area contributed by atoms with Gasteiger partial charge < -0.3 is 5.32 Å². The van der Waals surface area contributed by atoms with E-state index in [9.17, 15) is 13.2 Å². The van der Waals surface area contributed by atoms with Crippen LogP contribution in [0.25, 0.3) is 11.3 Å². The molecule has 2 heterocycles. The van der Waals surface area contributed by atoms with Gasteiger partial charge in [0.15, 0.2) is 0 Å². The Kier molecular flexibility index (Phi) is 4.92. The normalized spacial score (nSPS) is 11.8. The predicted molar refractivity (Wildman–Crippen MR) is 92.5 cm³/mol. The zero-order valence-corrected chi connectivity index (χ0v) is 14.3. The van der Waals surface area contributed by atoms with Crippen molar-refractivity contribution < 1.29 is 13.2 Å². The molecule has 2 N–H and O–H groups in total. The van der Waals surface area contributed by atoms with E-state index in [1.54, 1.807) is 24.5 Å². The molecule has 0 radical (unpaired) electrons. The first-order valence-electron chi connectivity index (χ1n) is 8.12. The minimum atomic E-state index is -4.40. The van der Waals surface area contributed by atoms with Gasteiger partial charge >= 0.3 is 6.18 Å². The monoisotopic (exact) mass is 361 g/mol. The van der Waals surface area contributed by atoms with Gasteiger partial charge in [-0.15, -0.1) is 0 Å². The van der Waals surface area contributed by atoms with Gasteiger partial charge in [0.05, 0.1) is 17.5 Å². The molecular weight excluding hydrogens is 343 g/mol. The number of hydrogen-bond donors (Lipinski definition) is 2. The Morgan fingerprint density at radius 2 is 1.92 bits per heavy atom. The highest BCUT2D eigenvalue weighted by Crippen LogP contribution is 2.32. The van der Waals surface area contributed by atoms with Crippen LogP contribution in [-0.4, -0.2) is 20.2 Å². The van der Waals surface area contributed by atoms with Crippen LogP contribution in [0.5, 0.6) is 0 Å². The highest BCUT2D eigenvalue weighted by molar-refractivity contribution is 5.62. The molecule has 0 aliphatic heterocycles. The Balaban J connectivity index is 1.82. The van der Waals surface area contributed by atoms with E-state index in [-0.39, 0.29) is 24.0 Å². The largest absolute Gasteiger partial charge is 0.416 e. The molecule has 0 aliphatic carbocycles. The molecule has 3 aromatic rings. The third-order valence-corrected chi connectivity index (χ3v) is 3.94. The number of H-pyrrole nitrogens is 1. The van der Waals surface area contributed by atoms with Crippen molar-refractivity contribution >= 4 is 5.95 Å². The van der Waals surface area contributed by atoms with Gasteiger partial charge in [0.1, 0.15) is 0 Å². The SMILES string of the molecule is CC(C)c1[nH]ncc1-c1ccnc(NCc2ccccc2C(F)(F)F)n1. The van der Waals surface area contributed by atoms with Gasteiger partial charge in [-0.2, -0.15) is 18.3 Å². The molecule has 0 atom stereocenters. The molecule has 0 saturated carbocycles. The summed E-state index contributed by atoms with van der Waals surface area (Å²) >= 11 is 0. The van der Waals surface area contributed by atoms with Crippen LogP contribution < -0.4 is 5.32 Å². The second kappa shape index (κ2) is 7.15. The van der Waals surface area contributed by atoms with E-state index in [1.807, 2.05) is 13.8 Å². The summed E-state index contributed by atoms with van der Waals surface area (Å²) in [4.78, 5) is 8.50. The first kappa shape index (κ1) is 17.9. The lowest BCUT2D eigenvalue weighted by atomic mass is 10.0. The number of aromatic amines is 1. The molecule has 1 aromatic carbocycles. The molecule has 5 nitrogen and oxygen atoms in total. The molecule has 26 heavy (non-hydrogen) atoms. The number of nitrogens with zero attached hydrogens (tertiary/aromatic N) is 3. The van der Waals surface area contributed by atoms with Crippen molar-refractivity contribution in [2.75, 3.05) is 5.32 Å². The van der Waals surface area contributed by atoms with Gasteiger partial charge in [0.25, 0.3) is 0 Å². The van der Waals surface area contributed by atoms with Gasteiger partial charge in [-0.3, -0.25) is 5.10 Å². The highest BCUT2D eigenvalue weighted by Gasteiger charge is 2.32. The number of alkyl halides is 3. The lowest BCUT2D eigenvalue weighted by molar-refractivity contribution is -0.138. The van der Waals surface area contributed by atoms with Crippen molar-refractivity contribution in [1.29, 1.82) is 0 Å². The van der Waals surface area contributed by atoms with Crippen LogP contribution in [-0.2, 0) is 12.7 Å². The Labute approximate surface area is 148 Å². The Morgan fingerprint density at radius 1 is 1.15 bits per heavy atom. The number of hydrogen-bond acceptors (Lipinski definition) is 4. The Hall–Kier alpha value is -2.90. The first-order chi connectivity index (χ1) is 12.4. The Bertz CT molecular complexity index is 886. The molecule has 0 unspecified atom stereocenters. The van der Waals surface area contributed by atoms with Gasteiger partial charge in [-0.1, -0.05) is 32.0 Å². The number of rotatable bonds is 5. The van der Waals surface area contributed by atoms with E-state index in [4.69, 9.17) is 0 Å². The topological polar surface area (TPSA) is 66.5 Å². The van der Waals surface area contributed by atoms with Crippen molar-refractivity contribution in [1.82, 2.24) is 20.2 Å². The maximum atomic E-state index is 13.1. The van der Waals surface area contributed by atoms with Crippen LogP contribution in [0.1, 0.15) is 36.6 Å². The van der Waals surface area contributed by atoms with Crippen LogP contribution in [0.3, 0.4) is 0 Å². The minimum Gasteiger partial charge on any atom is -0.350 e. The summed E-state index contributed by atoms with van der Waals surface area (Å²) in [5, 5.41) is 9.87. The molecule has 0 amide bonds. The fourth-order valence-corrected chi connectivity index (χ4v) is 2.66. The van der Waals surface area contributed by atoms with Crippen molar-refractivity contribution in [2.24, 2.45) is 0 Å². The maximum absolute atomic E-state index is 13.1. The molecule has 0 spiro atoms. The van der Waals surface area contributed by atoms with Crippen molar-refractivity contribution in [3.05, 3.63) is 59.5 Å². The van der Waals surface area contributed by atoms with Gasteiger partial charge in [0, 0.05) is 24.0 Å². The van der Waals surface area contributed by atoms with E-state index in [0.29, 0.717) is 5.69 Å². The van der Waals surface area contributed by atoms with Crippen molar-refractivity contribution in [3.8, 4) is 11.3 Å². The van der Waals surface area contributed by atoms with Crippen LogP contribution in [0.15, 0.2) is 42.7 Å². The van der Waals surface area contributed by atoms with E-state index in [2.05, 4.69) is 25.5 Å². The molecule has 8 heteroatoms. The predicted octanol–water partition coefficient (Wildman–Crippen LogP) is 4.62. The summed E-state index contributed by atoms with van der Waals surface area (Å²) in [5.74, 6) is 0.493. The average Bonchev–Trinajstić information content (AvgIpc) is 3.10. The fraction of sp³-hybridized carbons (Fsp3) is 0.278. The van der Waals surface area contributed by atoms with Crippen LogP contribution >= 0.6 is 0 Å². The summed E-state index contributed by atoms with van der Waals surface area (Å²) in [6.07, 6.45) is -1.15. The quantitative estimate of drug-likeness (QED) is 0.696. The van der Waals surface area contributed by atoms with Gasteiger partial charge in [-0.05, 0) is 23.6 Å². The maximum Gasteiger partial charge on any atom is 0.416 e. The zero-order valence-electron chi connectivity index (χ0n) is 14.3. The summed E-state index contributed by atoms with van der Waals surface area (Å²) in [6, 6.07) is 7.19. The smallest absolute Gasteiger partial charge is 0.350 e. The number of halogens is 3. The molecule has 0 aliphatic rings.